The normalized spacial score (nSPS) is 26.8. The maximum atomic E-state index is 5.95. The number of methoxy groups -OCH3 is 1. The van der Waals surface area contributed by atoms with Crippen molar-refractivity contribution in [1.82, 2.24) is 0 Å². The van der Waals surface area contributed by atoms with Crippen LogP contribution < -0.4 is 10.5 Å². The molecule has 1 saturated heterocycles. The van der Waals surface area contributed by atoms with Crippen molar-refractivity contribution in [2.24, 2.45) is 11.7 Å². The molecule has 1 fully saturated rings. The zero-order valence-corrected chi connectivity index (χ0v) is 12.9. The van der Waals surface area contributed by atoms with E-state index in [2.05, 4.69) is 26.0 Å². The summed E-state index contributed by atoms with van der Waals surface area (Å²) in [5.41, 5.74) is 7.30. The number of hydrogen-bond donors (Lipinski definition) is 1. The van der Waals surface area contributed by atoms with Crippen LogP contribution in [-0.2, 0) is 10.2 Å². The molecule has 0 spiro atoms. The first-order valence-electron chi connectivity index (χ1n) is 7.58. The van der Waals surface area contributed by atoms with E-state index in [4.69, 9.17) is 15.2 Å². The first kappa shape index (κ1) is 15.3. The smallest absolute Gasteiger partial charge is 0.122 e. The molecule has 1 aliphatic rings. The van der Waals surface area contributed by atoms with Crippen molar-refractivity contribution < 1.29 is 9.47 Å². The highest BCUT2D eigenvalue weighted by Crippen LogP contribution is 2.44. The number of nitrogens with two attached hydrogens (primary N) is 1. The van der Waals surface area contributed by atoms with Gasteiger partial charge in [-0.15, -0.1) is 0 Å². The minimum atomic E-state index is 0.0918. The van der Waals surface area contributed by atoms with Crippen molar-refractivity contribution in [2.45, 2.75) is 44.6 Å². The first-order valence-corrected chi connectivity index (χ1v) is 7.58. The van der Waals surface area contributed by atoms with Crippen LogP contribution in [-0.4, -0.2) is 26.4 Å². The van der Waals surface area contributed by atoms with Crippen molar-refractivity contribution in [1.29, 1.82) is 0 Å². The Hall–Kier alpha value is -1.06. The Labute approximate surface area is 122 Å². The van der Waals surface area contributed by atoms with Crippen LogP contribution in [0, 0.1) is 5.92 Å². The van der Waals surface area contributed by atoms with E-state index in [1.165, 1.54) is 5.56 Å². The van der Waals surface area contributed by atoms with Gasteiger partial charge in [-0.05, 0) is 37.8 Å². The molecular weight excluding hydrogens is 250 g/mol. The predicted octanol–water partition coefficient (Wildman–Crippen LogP) is 3.12. The van der Waals surface area contributed by atoms with Crippen LogP contribution in [0.5, 0.6) is 5.75 Å². The SMILES string of the molecule is COc1ccccc1[C@@]1(CCN)CCO[C@@H](C(C)C)C1. The maximum Gasteiger partial charge on any atom is 0.122 e. The fourth-order valence-electron chi connectivity index (χ4n) is 3.35. The number of para-hydroxylation sites is 1. The molecule has 0 aliphatic carbocycles. The van der Waals surface area contributed by atoms with Crippen molar-refractivity contribution in [3.63, 3.8) is 0 Å². The quantitative estimate of drug-likeness (QED) is 0.899. The molecule has 0 bridgehead atoms. The van der Waals surface area contributed by atoms with Gasteiger partial charge >= 0.3 is 0 Å². The Balaban J connectivity index is 2.38. The average molecular weight is 277 g/mol. The van der Waals surface area contributed by atoms with E-state index >= 15 is 0 Å². The molecule has 2 rings (SSSR count). The fraction of sp³-hybridized carbons (Fsp3) is 0.647. The Morgan fingerprint density at radius 3 is 2.80 bits per heavy atom. The largest absolute Gasteiger partial charge is 0.496 e. The summed E-state index contributed by atoms with van der Waals surface area (Å²) in [6.45, 7) is 5.96. The lowest BCUT2D eigenvalue weighted by Gasteiger charge is -2.43. The van der Waals surface area contributed by atoms with Gasteiger partial charge in [-0.25, -0.2) is 0 Å². The molecule has 20 heavy (non-hydrogen) atoms. The van der Waals surface area contributed by atoms with E-state index in [1.807, 2.05) is 12.1 Å². The third-order valence-corrected chi connectivity index (χ3v) is 4.55. The molecule has 0 saturated carbocycles. The van der Waals surface area contributed by atoms with Gasteiger partial charge in [-0.3, -0.25) is 0 Å². The van der Waals surface area contributed by atoms with Gasteiger partial charge in [0.2, 0.25) is 0 Å². The predicted molar refractivity (Wildman–Crippen MR) is 82.2 cm³/mol. The minimum Gasteiger partial charge on any atom is -0.496 e. The lowest BCUT2D eigenvalue weighted by molar-refractivity contribution is -0.0469. The number of hydrogen-bond acceptors (Lipinski definition) is 3. The molecule has 1 aromatic rings. The molecule has 1 aliphatic heterocycles. The molecule has 1 aromatic carbocycles. The summed E-state index contributed by atoms with van der Waals surface area (Å²) in [5, 5.41) is 0. The monoisotopic (exact) mass is 277 g/mol. The highest BCUT2D eigenvalue weighted by atomic mass is 16.5. The zero-order chi connectivity index (χ0) is 14.6. The van der Waals surface area contributed by atoms with Crippen LogP contribution in [0.1, 0.15) is 38.7 Å². The molecule has 0 amide bonds. The van der Waals surface area contributed by atoms with Gasteiger partial charge in [0.1, 0.15) is 5.75 Å². The molecular formula is C17H27NO2. The summed E-state index contributed by atoms with van der Waals surface area (Å²) in [4.78, 5) is 0. The van der Waals surface area contributed by atoms with E-state index in [9.17, 15) is 0 Å². The summed E-state index contributed by atoms with van der Waals surface area (Å²) in [7, 11) is 1.74. The molecule has 3 nitrogen and oxygen atoms in total. The topological polar surface area (TPSA) is 44.5 Å². The van der Waals surface area contributed by atoms with Gasteiger partial charge in [-0.2, -0.15) is 0 Å². The van der Waals surface area contributed by atoms with Crippen LogP contribution in [0.4, 0.5) is 0 Å². The van der Waals surface area contributed by atoms with Crippen molar-refractivity contribution in [3.05, 3.63) is 29.8 Å². The molecule has 2 N–H and O–H groups in total. The number of benzene rings is 1. The van der Waals surface area contributed by atoms with Gasteiger partial charge in [0.25, 0.3) is 0 Å². The standard InChI is InChI=1S/C17H27NO2/c1-13(2)16-12-17(8-10-18,9-11-20-16)14-6-4-5-7-15(14)19-3/h4-7,13,16H,8-12,18H2,1-3H3/t16-,17+/m1/s1. The van der Waals surface area contributed by atoms with Crippen molar-refractivity contribution in [2.75, 3.05) is 20.3 Å². The van der Waals surface area contributed by atoms with Gasteiger partial charge in [0, 0.05) is 17.6 Å². The minimum absolute atomic E-state index is 0.0918. The van der Waals surface area contributed by atoms with E-state index in [0.717, 1.165) is 31.6 Å². The van der Waals surface area contributed by atoms with E-state index in [0.29, 0.717) is 18.6 Å². The molecule has 0 aromatic heterocycles. The first-order chi connectivity index (χ1) is 9.63. The summed E-state index contributed by atoms with van der Waals surface area (Å²) in [6.07, 6.45) is 3.34. The summed E-state index contributed by atoms with van der Waals surface area (Å²) in [5.74, 6) is 1.51. The number of rotatable bonds is 5. The average Bonchev–Trinajstić information content (AvgIpc) is 2.47. The number of ether oxygens (including phenoxy) is 2. The van der Waals surface area contributed by atoms with E-state index in [-0.39, 0.29) is 5.41 Å². The maximum absolute atomic E-state index is 5.95. The lowest BCUT2D eigenvalue weighted by atomic mass is 9.68. The Kier molecular flexibility index (Phi) is 5.06. The highest BCUT2D eigenvalue weighted by molar-refractivity contribution is 5.40. The van der Waals surface area contributed by atoms with Crippen LogP contribution in [0.25, 0.3) is 0 Å². The van der Waals surface area contributed by atoms with E-state index in [1.54, 1.807) is 7.11 Å². The van der Waals surface area contributed by atoms with Crippen LogP contribution in [0.3, 0.4) is 0 Å². The van der Waals surface area contributed by atoms with Gasteiger partial charge < -0.3 is 15.2 Å². The van der Waals surface area contributed by atoms with Crippen LogP contribution in [0.15, 0.2) is 24.3 Å². The van der Waals surface area contributed by atoms with E-state index < -0.39 is 0 Å². The second kappa shape index (κ2) is 6.59. The third-order valence-electron chi connectivity index (χ3n) is 4.55. The Morgan fingerprint density at radius 1 is 1.40 bits per heavy atom. The summed E-state index contributed by atoms with van der Waals surface area (Å²) in [6, 6.07) is 8.36. The van der Waals surface area contributed by atoms with Crippen LogP contribution in [0.2, 0.25) is 0 Å². The molecule has 112 valence electrons. The second-order valence-corrected chi connectivity index (χ2v) is 6.13. The lowest BCUT2D eigenvalue weighted by Crippen LogP contribution is -2.42. The molecule has 0 radical (unpaired) electrons. The van der Waals surface area contributed by atoms with Gasteiger partial charge in [-0.1, -0.05) is 32.0 Å². The molecule has 2 atom stereocenters. The van der Waals surface area contributed by atoms with Crippen LogP contribution >= 0.6 is 0 Å². The van der Waals surface area contributed by atoms with Gasteiger partial charge in [0.05, 0.1) is 13.2 Å². The van der Waals surface area contributed by atoms with Gasteiger partial charge in [0.15, 0.2) is 0 Å². The second-order valence-electron chi connectivity index (χ2n) is 6.13. The highest BCUT2D eigenvalue weighted by Gasteiger charge is 2.40. The molecule has 3 heteroatoms. The fourth-order valence-corrected chi connectivity index (χ4v) is 3.35. The Morgan fingerprint density at radius 2 is 2.15 bits per heavy atom. The van der Waals surface area contributed by atoms with Crippen molar-refractivity contribution in [3.8, 4) is 5.75 Å². The zero-order valence-electron chi connectivity index (χ0n) is 12.9. The summed E-state index contributed by atoms with van der Waals surface area (Å²) < 4.78 is 11.5. The molecule has 1 heterocycles. The van der Waals surface area contributed by atoms with Crippen molar-refractivity contribution >= 4 is 0 Å². The Bertz CT molecular complexity index is 429. The summed E-state index contributed by atoms with van der Waals surface area (Å²) >= 11 is 0. The molecule has 0 unspecified atom stereocenters. The third kappa shape index (κ3) is 2.99.